The highest BCUT2D eigenvalue weighted by Gasteiger charge is 2.31. The van der Waals surface area contributed by atoms with E-state index >= 15 is 0 Å². The largest absolute Gasteiger partial charge is 0.379 e. The molecule has 0 radical (unpaired) electrons. The Bertz CT molecular complexity index is 716. The van der Waals surface area contributed by atoms with Crippen LogP contribution < -0.4 is 5.32 Å². The molecule has 7 nitrogen and oxygen atoms in total. The van der Waals surface area contributed by atoms with E-state index < -0.39 is 0 Å². The summed E-state index contributed by atoms with van der Waals surface area (Å²) in [6.45, 7) is 2.29. The van der Waals surface area contributed by atoms with Gasteiger partial charge in [0.05, 0.1) is 32.5 Å². The third kappa shape index (κ3) is 3.05. The van der Waals surface area contributed by atoms with E-state index in [1.807, 2.05) is 12.1 Å². The molecule has 24 heavy (non-hydrogen) atoms. The molecule has 4 rings (SSSR count). The van der Waals surface area contributed by atoms with E-state index in [2.05, 4.69) is 20.5 Å². The van der Waals surface area contributed by atoms with Gasteiger partial charge in [0.2, 0.25) is 0 Å². The van der Waals surface area contributed by atoms with Gasteiger partial charge in [0.1, 0.15) is 0 Å². The number of carbonyl (C=O) groups excluding carboxylic acids is 1. The van der Waals surface area contributed by atoms with Crippen molar-refractivity contribution in [1.29, 1.82) is 0 Å². The number of nitrogens with zero attached hydrogens (tertiary/aromatic N) is 2. The number of fused-ring (bicyclic) bond motifs is 1. The van der Waals surface area contributed by atoms with Crippen molar-refractivity contribution in [2.24, 2.45) is 5.92 Å². The number of H-pyrrole nitrogens is 1. The molecule has 126 valence electrons. The highest BCUT2D eigenvalue weighted by atomic mass is 16.5. The number of carbonyl (C=O) groups is 1. The quantitative estimate of drug-likeness (QED) is 0.869. The zero-order chi connectivity index (χ0) is 16.4. The van der Waals surface area contributed by atoms with Gasteiger partial charge in [0.15, 0.2) is 5.69 Å². The van der Waals surface area contributed by atoms with Gasteiger partial charge < -0.3 is 14.8 Å². The van der Waals surface area contributed by atoms with E-state index in [9.17, 15) is 4.79 Å². The van der Waals surface area contributed by atoms with Crippen LogP contribution in [-0.2, 0) is 28.9 Å². The summed E-state index contributed by atoms with van der Waals surface area (Å²) in [7, 11) is 0. The summed E-state index contributed by atoms with van der Waals surface area (Å²) >= 11 is 0. The Morgan fingerprint density at radius 3 is 3.04 bits per heavy atom. The van der Waals surface area contributed by atoms with Crippen LogP contribution in [0.5, 0.6) is 0 Å². The topological polar surface area (TPSA) is 89.1 Å². The summed E-state index contributed by atoms with van der Waals surface area (Å²) in [5.74, 6) is 0.0931. The minimum absolute atomic E-state index is 0.0116. The first kappa shape index (κ1) is 15.3. The predicted octanol–water partition coefficient (Wildman–Crippen LogP) is 0.865. The fourth-order valence-corrected chi connectivity index (χ4v) is 3.32. The van der Waals surface area contributed by atoms with Crippen LogP contribution in [-0.4, -0.2) is 47.0 Å². The summed E-state index contributed by atoms with van der Waals surface area (Å²) in [5.41, 5.74) is 3.52. The molecule has 0 unspecified atom stereocenters. The van der Waals surface area contributed by atoms with Crippen molar-refractivity contribution in [1.82, 2.24) is 20.5 Å². The van der Waals surface area contributed by atoms with Crippen molar-refractivity contribution in [3.63, 3.8) is 0 Å². The maximum Gasteiger partial charge on any atom is 0.272 e. The van der Waals surface area contributed by atoms with Crippen LogP contribution >= 0.6 is 0 Å². The second kappa shape index (κ2) is 6.70. The molecule has 2 aromatic rings. The standard InChI is InChI=1S/C17H20N4O3/c22-17(16-13-9-23-6-3-14(13)20-21-16)19-15-10-24-8-12(15)7-11-1-4-18-5-2-11/h1-2,4-5,12,15H,3,6-10H2,(H,19,22)(H,20,21)/t12-,15+/m1/s1. The van der Waals surface area contributed by atoms with Crippen molar-refractivity contribution in [3.8, 4) is 0 Å². The van der Waals surface area contributed by atoms with Crippen LogP contribution in [0.15, 0.2) is 24.5 Å². The number of hydrogen-bond acceptors (Lipinski definition) is 5. The molecule has 0 spiro atoms. The van der Waals surface area contributed by atoms with Crippen LogP contribution in [0.25, 0.3) is 0 Å². The molecule has 0 saturated carbocycles. The third-order valence-corrected chi connectivity index (χ3v) is 4.67. The molecule has 4 heterocycles. The van der Waals surface area contributed by atoms with E-state index in [1.165, 1.54) is 5.56 Å². The van der Waals surface area contributed by atoms with Crippen molar-refractivity contribution >= 4 is 5.91 Å². The number of nitrogens with one attached hydrogen (secondary N) is 2. The molecule has 7 heteroatoms. The predicted molar refractivity (Wildman–Crippen MR) is 85.5 cm³/mol. The van der Waals surface area contributed by atoms with Gasteiger partial charge >= 0.3 is 0 Å². The molecule has 0 bridgehead atoms. The van der Waals surface area contributed by atoms with Gasteiger partial charge in [-0.1, -0.05) is 0 Å². The first-order valence-corrected chi connectivity index (χ1v) is 8.22. The Morgan fingerprint density at radius 2 is 2.17 bits per heavy atom. The van der Waals surface area contributed by atoms with Gasteiger partial charge in [0.25, 0.3) is 5.91 Å². The van der Waals surface area contributed by atoms with E-state index in [1.54, 1.807) is 12.4 Å². The van der Waals surface area contributed by atoms with Crippen molar-refractivity contribution < 1.29 is 14.3 Å². The van der Waals surface area contributed by atoms with E-state index in [0.717, 1.165) is 24.1 Å². The summed E-state index contributed by atoms with van der Waals surface area (Å²) < 4.78 is 11.0. The Morgan fingerprint density at radius 1 is 1.29 bits per heavy atom. The summed E-state index contributed by atoms with van der Waals surface area (Å²) in [4.78, 5) is 16.7. The average molecular weight is 328 g/mol. The molecule has 1 fully saturated rings. The SMILES string of the molecule is O=C(N[C@H]1COC[C@H]1Cc1ccncc1)c1n[nH]c2c1COCC2. The van der Waals surface area contributed by atoms with Crippen molar-refractivity contribution in [3.05, 3.63) is 47.0 Å². The summed E-state index contributed by atoms with van der Waals surface area (Å²) in [6.07, 6.45) is 5.20. The van der Waals surface area contributed by atoms with Crippen LogP contribution in [0.2, 0.25) is 0 Å². The Kier molecular flexibility index (Phi) is 4.27. The van der Waals surface area contributed by atoms with E-state index in [0.29, 0.717) is 32.1 Å². The normalized spacial score (nSPS) is 23.0. The average Bonchev–Trinajstić information content (AvgIpc) is 3.23. The van der Waals surface area contributed by atoms with Crippen LogP contribution in [0.1, 0.15) is 27.3 Å². The molecule has 0 aromatic carbocycles. The zero-order valence-corrected chi connectivity index (χ0v) is 13.3. The highest BCUT2D eigenvalue weighted by Crippen LogP contribution is 2.21. The van der Waals surface area contributed by atoms with E-state index in [-0.39, 0.29) is 17.9 Å². The molecule has 2 N–H and O–H groups in total. The lowest BCUT2D eigenvalue weighted by atomic mass is 9.95. The van der Waals surface area contributed by atoms with Gasteiger partial charge in [-0.3, -0.25) is 14.9 Å². The van der Waals surface area contributed by atoms with Crippen LogP contribution in [0, 0.1) is 5.92 Å². The molecule has 2 aliphatic heterocycles. The first-order valence-electron chi connectivity index (χ1n) is 8.22. The highest BCUT2D eigenvalue weighted by molar-refractivity contribution is 5.94. The molecular formula is C17H20N4O3. The lowest BCUT2D eigenvalue weighted by Gasteiger charge is -2.19. The number of ether oxygens (including phenoxy) is 2. The Balaban J connectivity index is 1.44. The minimum atomic E-state index is -0.159. The number of pyridine rings is 1. The fraction of sp³-hybridized carbons (Fsp3) is 0.471. The number of rotatable bonds is 4. The van der Waals surface area contributed by atoms with Gasteiger partial charge in [-0.05, 0) is 24.1 Å². The number of amides is 1. The number of hydrogen-bond donors (Lipinski definition) is 2. The second-order valence-corrected chi connectivity index (χ2v) is 6.27. The number of aromatic amines is 1. The monoisotopic (exact) mass is 328 g/mol. The molecule has 2 atom stereocenters. The second-order valence-electron chi connectivity index (χ2n) is 6.27. The van der Waals surface area contributed by atoms with Gasteiger partial charge in [-0.2, -0.15) is 5.10 Å². The van der Waals surface area contributed by atoms with Gasteiger partial charge in [-0.25, -0.2) is 0 Å². The molecule has 0 aliphatic carbocycles. The lowest BCUT2D eigenvalue weighted by Crippen LogP contribution is -2.41. The Hall–Kier alpha value is -2.25. The van der Waals surface area contributed by atoms with Gasteiger partial charge in [-0.15, -0.1) is 0 Å². The molecule has 1 saturated heterocycles. The van der Waals surface area contributed by atoms with Gasteiger partial charge in [0, 0.05) is 36.0 Å². The van der Waals surface area contributed by atoms with Crippen LogP contribution in [0.4, 0.5) is 0 Å². The summed E-state index contributed by atoms with van der Waals surface area (Å²) in [5, 5.41) is 10.2. The fourth-order valence-electron chi connectivity index (χ4n) is 3.32. The van der Waals surface area contributed by atoms with Crippen LogP contribution in [0.3, 0.4) is 0 Å². The maximum atomic E-state index is 12.6. The number of aromatic nitrogens is 3. The molecule has 2 aliphatic rings. The molecule has 1 amide bonds. The maximum absolute atomic E-state index is 12.6. The van der Waals surface area contributed by atoms with Crippen molar-refractivity contribution in [2.45, 2.75) is 25.5 Å². The zero-order valence-electron chi connectivity index (χ0n) is 13.3. The minimum Gasteiger partial charge on any atom is -0.379 e. The lowest BCUT2D eigenvalue weighted by molar-refractivity contribution is 0.0899. The molecular weight excluding hydrogens is 308 g/mol. The van der Waals surface area contributed by atoms with Crippen molar-refractivity contribution in [2.75, 3.05) is 19.8 Å². The Labute approximate surface area is 139 Å². The third-order valence-electron chi connectivity index (χ3n) is 4.67. The summed E-state index contributed by atoms with van der Waals surface area (Å²) in [6, 6.07) is 3.99. The first-order chi connectivity index (χ1) is 11.8. The smallest absolute Gasteiger partial charge is 0.272 e. The van der Waals surface area contributed by atoms with E-state index in [4.69, 9.17) is 9.47 Å². The molecule has 2 aromatic heterocycles.